The minimum absolute atomic E-state index is 0.261. The number of nitrogens with zero attached hydrogens (tertiary/aromatic N) is 1. The van der Waals surface area contributed by atoms with Crippen LogP contribution >= 0.6 is 23.4 Å². The molecule has 164 valence electrons. The summed E-state index contributed by atoms with van der Waals surface area (Å²) in [6, 6.07) is 14.4. The second-order valence-electron chi connectivity index (χ2n) is 6.58. The van der Waals surface area contributed by atoms with Gasteiger partial charge in [0.2, 0.25) is 15.9 Å². The van der Waals surface area contributed by atoms with Gasteiger partial charge in [-0.15, -0.1) is 0 Å². The fourth-order valence-electron chi connectivity index (χ4n) is 2.68. The van der Waals surface area contributed by atoms with E-state index in [0.717, 1.165) is 39.1 Å². The Hall–Kier alpha value is -1.90. The Kier molecular flexibility index (Phi) is 9.81. The smallest absolute Gasteiger partial charge is 0.240 e. The molecule has 0 aromatic heterocycles. The van der Waals surface area contributed by atoms with Crippen molar-refractivity contribution in [3.8, 4) is 5.75 Å². The lowest BCUT2D eigenvalue weighted by Gasteiger charge is -2.22. The van der Waals surface area contributed by atoms with Crippen molar-refractivity contribution in [1.82, 2.24) is 5.32 Å². The quantitative estimate of drug-likeness (QED) is 0.475. The molecule has 0 radical (unpaired) electrons. The van der Waals surface area contributed by atoms with Crippen LogP contribution in [-0.4, -0.2) is 46.0 Å². The van der Waals surface area contributed by atoms with Gasteiger partial charge in [-0.3, -0.25) is 9.10 Å². The predicted molar refractivity (Wildman–Crippen MR) is 125 cm³/mol. The molecule has 0 unspecified atom stereocenters. The summed E-state index contributed by atoms with van der Waals surface area (Å²) in [5.74, 6) is 2.04. The van der Waals surface area contributed by atoms with E-state index in [4.69, 9.17) is 16.3 Å². The summed E-state index contributed by atoms with van der Waals surface area (Å²) in [4.78, 5) is 12.3. The van der Waals surface area contributed by atoms with E-state index in [1.807, 2.05) is 31.2 Å². The number of sulfonamides is 1. The number of anilines is 1. The van der Waals surface area contributed by atoms with Crippen LogP contribution in [0, 0.1) is 0 Å². The van der Waals surface area contributed by atoms with E-state index >= 15 is 0 Å². The third-order valence-corrected chi connectivity index (χ3v) is 6.56. The van der Waals surface area contributed by atoms with Crippen LogP contribution in [0.25, 0.3) is 0 Å². The minimum Gasteiger partial charge on any atom is -0.494 e. The summed E-state index contributed by atoms with van der Waals surface area (Å²) in [6.45, 7) is 2.62. The zero-order chi connectivity index (χ0) is 22.0. The molecule has 2 aromatic rings. The number of hydrogen-bond acceptors (Lipinski definition) is 5. The first kappa shape index (κ1) is 24.4. The van der Waals surface area contributed by atoms with Crippen LogP contribution < -0.4 is 14.4 Å². The topological polar surface area (TPSA) is 75.7 Å². The fourth-order valence-corrected chi connectivity index (χ4v) is 4.66. The lowest BCUT2D eigenvalue weighted by atomic mass is 10.2. The number of thioether (sulfide) groups is 1. The number of amides is 1. The molecule has 0 atom stereocenters. The molecule has 0 aliphatic rings. The molecular formula is C21H27ClN2O4S2. The van der Waals surface area contributed by atoms with Crippen molar-refractivity contribution in [3.05, 3.63) is 59.1 Å². The van der Waals surface area contributed by atoms with Crippen LogP contribution in [0.3, 0.4) is 0 Å². The van der Waals surface area contributed by atoms with E-state index in [-0.39, 0.29) is 12.5 Å². The standard InChI is InChI=1S/C21H27ClN2O4S2/c1-3-28-20-10-8-19(9-11-20)24(30(2,26)27)15-21(25)23-12-5-13-29-16-17-6-4-7-18(22)14-17/h4,6-11,14H,3,5,12-13,15-16H2,1-2H3,(H,23,25). The molecule has 0 saturated carbocycles. The zero-order valence-electron chi connectivity index (χ0n) is 17.1. The second kappa shape index (κ2) is 12.1. The number of benzene rings is 2. The summed E-state index contributed by atoms with van der Waals surface area (Å²) in [5, 5.41) is 3.52. The molecule has 2 aromatic carbocycles. The van der Waals surface area contributed by atoms with Gasteiger partial charge in [0.1, 0.15) is 12.3 Å². The molecular weight excluding hydrogens is 444 g/mol. The van der Waals surface area contributed by atoms with Gasteiger partial charge in [-0.05, 0) is 61.1 Å². The molecule has 0 aliphatic heterocycles. The molecule has 30 heavy (non-hydrogen) atoms. The number of ether oxygens (including phenoxy) is 1. The Bertz CT molecular complexity index is 921. The normalized spacial score (nSPS) is 11.2. The minimum atomic E-state index is -3.59. The van der Waals surface area contributed by atoms with Gasteiger partial charge in [0.15, 0.2) is 0 Å². The van der Waals surface area contributed by atoms with Gasteiger partial charge in [0, 0.05) is 17.3 Å². The summed E-state index contributed by atoms with van der Waals surface area (Å²) in [7, 11) is -3.59. The molecule has 1 N–H and O–H groups in total. The highest BCUT2D eigenvalue weighted by molar-refractivity contribution is 7.98. The van der Waals surface area contributed by atoms with Crippen molar-refractivity contribution in [2.24, 2.45) is 0 Å². The lowest BCUT2D eigenvalue weighted by molar-refractivity contribution is -0.119. The Morgan fingerprint density at radius 3 is 2.57 bits per heavy atom. The van der Waals surface area contributed by atoms with Gasteiger partial charge in [-0.2, -0.15) is 11.8 Å². The van der Waals surface area contributed by atoms with Gasteiger partial charge in [-0.25, -0.2) is 8.42 Å². The van der Waals surface area contributed by atoms with Crippen LogP contribution in [0.15, 0.2) is 48.5 Å². The molecule has 0 aliphatic carbocycles. The number of rotatable bonds is 12. The van der Waals surface area contributed by atoms with Gasteiger partial charge in [0.05, 0.1) is 18.6 Å². The number of carbonyl (C=O) groups is 1. The van der Waals surface area contributed by atoms with E-state index in [1.54, 1.807) is 36.0 Å². The lowest BCUT2D eigenvalue weighted by Crippen LogP contribution is -2.40. The summed E-state index contributed by atoms with van der Waals surface area (Å²) >= 11 is 7.73. The van der Waals surface area contributed by atoms with Crippen molar-refractivity contribution < 1.29 is 17.9 Å². The van der Waals surface area contributed by atoms with E-state index in [9.17, 15) is 13.2 Å². The summed E-state index contributed by atoms with van der Waals surface area (Å²) in [5.41, 5.74) is 1.59. The second-order valence-corrected chi connectivity index (χ2v) is 10.0. The number of nitrogens with one attached hydrogen (secondary N) is 1. The maximum Gasteiger partial charge on any atom is 0.240 e. The van der Waals surface area contributed by atoms with E-state index < -0.39 is 10.0 Å². The van der Waals surface area contributed by atoms with Crippen molar-refractivity contribution >= 4 is 45.0 Å². The maximum atomic E-state index is 12.3. The highest BCUT2D eigenvalue weighted by Crippen LogP contribution is 2.21. The number of carbonyl (C=O) groups excluding carboxylic acids is 1. The Morgan fingerprint density at radius 1 is 1.20 bits per heavy atom. The van der Waals surface area contributed by atoms with Crippen molar-refractivity contribution in [1.29, 1.82) is 0 Å². The Morgan fingerprint density at radius 2 is 1.93 bits per heavy atom. The summed E-state index contributed by atoms with van der Waals surface area (Å²) in [6.07, 6.45) is 1.88. The van der Waals surface area contributed by atoms with E-state index in [1.165, 1.54) is 0 Å². The SMILES string of the molecule is CCOc1ccc(N(CC(=O)NCCCSCc2cccc(Cl)c2)S(C)(=O)=O)cc1. The largest absolute Gasteiger partial charge is 0.494 e. The highest BCUT2D eigenvalue weighted by atomic mass is 35.5. The van der Waals surface area contributed by atoms with E-state index in [2.05, 4.69) is 5.32 Å². The number of halogens is 1. The average molecular weight is 471 g/mol. The molecule has 0 heterocycles. The van der Waals surface area contributed by atoms with Crippen molar-refractivity contribution in [2.75, 3.05) is 36.0 Å². The predicted octanol–water partition coefficient (Wildman–Crippen LogP) is 3.94. The Labute approximate surface area is 188 Å². The van der Waals surface area contributed by atoms with Crippen LogP contribution in [-0.2, 0) is 20.6 Å². The van der Waals surface area contributed by atoms with Crippen LogP contribution in [0.4, 0.5) is 5.69 Å². The molecule has 0 spiro atoms. The third-order valence-electron chi connectivity index (χ3n) is 4.07. The van der Waals surface area contributed by atoms with Gasteiger partial charge in [-0.1, -0.05) is 23.7 Å². The van der Waals surface area contributed by atoms with Gasteiger partial charge >= 0.3 is 0 Å². The first-order valence-electron chi connectivity index (χ1n) is 9.59. The van der Waals surface area contributed by atoms with Crippen LogP contribution in [0.5, 0.6) is 5.75 Å². The fraction of sp³-hybridized carbons (Fsp3) is 0.381. The molecule has 0 saturated heterocycles. The summed E-state index contributed by atoms with van der Waals surface area (Å²) < 4.78 is 30.8. The number of hydrogen-bond donors (Lipinski definition) is 1. The first-order chi connectivity index (χ1) is 14.3. The molecule has 0 fully saturated rings. The average Bonchev–Trinajstić information content (AvgIpc) is 2.69. The highest BCUT2D eigenvalue weighted by Gasteiger charge is 2.20. The van der Waals surface area contributed by atoms with E-state index in [0.29, 0.717) is 24.6 Å². The van der Waals surface area contributed by atoms with Gasteiger partial charge < -0.3 is 10.1 Å². The molecule has 1 amide bonds. The maximum absolute atomic E-state index is 12.3. The van der Waals surface area contributed by atoms with Crippen molar-refractivity contribution in [3.63, 3.8) is 0 Å². The molecule has 0 bridgehead atoms. The molecule has 2 rings (SSSR count). The first-order valence-corrected chi connectivity index (χ1v) is 13.0. The van der Waals surface area contributed by atoms with Gasteiger partial charge in [0.25, 0.3) is 0 Å². The monoisotopic (exact) mass is 470 g/mol. The molecule has 9 heteroatoms. The Balaban J connectivity index is 1.77. The van der Waals surface area contributed by atoms with Crippen molar-refractivity contribution in [2.45, 2.75) is 19.1 Å². The third kappa shape index (κ3) is 8.45. The van der Waals surface area contributed by atoms with Crippen LogP contribution in [0.2, 0.25) is 5.02 Å². The molecule has 6 nitrogen and oxygen atoms in total. The van der Waals surface area contributed by atoms with Crippen LogP contribution in [0.1, 0.15) is 18.9 Å². The zero-order valence-corrected chi connectivity index (χ0v) is 19.5.